The summed E-state index contributed by atoms with van der Waals surface area (Å²) >= 11 is 12.0. The second kappa shape index (κ2) is 10.4. The number of halogens is 2. The van der Waals surface area contributed by atoms with Crippen molar-refractivity contribution in [1.29, 1.82) is 0 Å². The lowest BCUT2D eigenvalue weighted by atomic mass is 10.0. The quantitative estimate of drug-likeness (QED) is 0.328. The second-order valence-corrected chi connectivity index (χ2v) is 8.80. The molecule has 0 spiro atoms. The molecule has 4 rings (SSSR count). The number of benzene rings is 1. The van der Waals surface area contributed by atoms with Crippen molar-refractivity contribution in [1.82, 2.24) is 10.3 Å². The van der Waals surface area contributed by atoms with E-state index in [1.807, 2.05) is 0 Å². The lowest BCUT2D eigenvalue weighted by Crippen LogP contribution is -2.51. The molecule has 1 atom stereocenters. The van der Waals surface area contributed by atoms with Gasteiger partial charge in [-0.1, -0.05) is 35.3 Å². The second-order valence-electron chi connectivity index (χ2n) is 7.99. The monoisotopic (exact) mass is 517 g/mol. The van der Waals surface area contributed by atoms with Crippen LogP contribution >= 0.6 is 23.2 Å². The van der Waals surface area contributed by atoms with Crippen LogP contribution in [0.4, 0.5) is 17.1 Å². The molecule has 1 saturated heterocycles. The highest BCUT2D eigenvalue weighted by Gasteiger charge is 2.30. The summed E-state index contributed by atoms with van der Waals surface area (Å²) in [5.41, 5.74) is 0.157. The van der Waals surface area contributed by atoms with Crippen molar-refractivity contribution in [2.75, 3.05) is 41.7 Å². The molecule has 1 aliphatic heterocycles. The van der Waals surface area contributed by atoms with Gasteiger partial charge in [0.2, 0.25) is 0 Å². The maximum absolute atomic E-state index is 12.5. The fourth-order valence-corrected chi connectivity index (χ4v) is 4.40. The molecule has 12 heteroatoms. The molecule has 1 fully saturated rings. The van der Waals surface area contributed by atoms with Gasteiger partial charge in [0, 0.05) is 50.7 Å². The molecule has 3 aromatic rings. The number of hydrogen-bond acceptors (Lipinski definition) is 8. The Morgan fingerprint density at radius 2 is 1.69 bits per heavy atom. The Bertz CT molecular complexity index is 1310. The molecule has 1 aromatic heterocycles. The SMILES string of the molecule is O=C(Nc1ccc(C[C@H](Nc2c(N3CCNCC3)c(=O)c2=O)C(=O)O)cc1)c1c(Cl)cncc1Cl. The lowest BCUT2D eigenvalue weighted by Gasteiger charge is -2.32. The van der Waals surface area contributed by atoms with E-state index < -0.39 is 28.8 Å². The first kappa shape index (κ1) is 24.6. The Kier molecular flexibility index (Phi) is 7.34. The van der Waals surface area contributed by atoms with Crippen LogP contribution in [0.15, 0.2) is 46.2 Å². The van der Waals surface area contributed by atoms with Gasteiger partial charge in [0.15, 0.2) is 0 Å². The van der Waals surface area contributed by atoms with Gasteiger partial charge < -0.3 is 26.0 Å². The van der Waals surface area contributed by atoms with E-state index in [0.717, 1.165) is 0 Å². The fraction of sp³-hybridized carbons (Fsp3) is 0.261. The Labute approximate surface area is 209 Å². The molecule has 0 radical (unpaired) electrons. The molecule has 0 aliphatic carbocycles. The van der Waals surface area contributed by atoms with Crippen molar-refractivity contribution in [3.05, 3.63) is 78.3 Å². The zero-order valence-corrected chi connectivity index (χ0v) is 19.8. The van der Waals surface area contributed by atoms with Crippen molar-refractivity contribution >= 4 is 52.1 Å². The summed E-state index contributed by atoms with van der Waals surface area (Å²) in [6.45, 7) is 2.45. The maximum atomic E-state index is 12.5. The van der Waals surface area contributed by atoms with Crippen LogP contribution in [0.25, 0.3) is 0 Å². The first-order chi connectivity index (χ1) is 16.8. The van der Waals surface area contributed by atoms with Crippen LogP contribution < -0.4 is 31.7 Å². The predicted molar refractivity (Wildman–Crippen MR) is 134 cm³/mol. The van der Waals surface area contributed by atoms with Gasteiger partial charge in [-0.05, 0) is 17.7 Å². The van der Waals surface area contributed by atoms with Gasteiger partial charge in [0.25, 0.3) is 16.8 Å². The Balaban J connectivity index is 1.45. The summed E-state index contributed by atoms with van der Waals surface area (Å²) in [6, 6.07) is 5.40. The van der Waals surface area contributed by atoms with E-state index in [9.17, 15) is 24.3 Å². The molecular formula is C23H21Cl2N5O5. The third-order valence-electron chi connectivity index (χ3n) is 5.67. The minimum absolute atomic E-state index is 0.0410. The third-order valence-corrected chi connectivity index (χ3v) is 6.24. The van der Waals surface area contributed by atoms with Crippen molar-refractivity contribution in [2.24, 2.45) is 0 Å². The number of hydrogen-bond donors (Lipinski definition) is 4. The predicted octanol–water partition coefficient (Wildman–Crippen LogP) is 1.75. The van der Waals surface area contributed by atoms with Gasteiger partial charge in [-0.25, -0.2) is 4.79 Å². The number of amides is 1. The summed E-state index contributed by atoms with van der Waals surface area (Å²) in [7, 11) is 0. The van der Waals surface area contributed by atoms with E-state index in [1.165, 1.54) is 12.4 Å². The van der Waals surface area contributed by atoms with Gasteiger partial charge in [-0.2, -0.15) is 0 Å². The molecule has 4 N–H and O–H groups in total. The molecule has 0 unspecified atom stereocenters. The molecular weight excluding hydrogens is 497 g/mol. The number of carbonyl (C=O) groups excluding carboxylic acids is 1. The van der Waals surface area contributed by atoms with Gasteiger partial charge in [0.1, 0.15) is 17.4 Å². The maximum Gasteiger partial charge on any atom is 0.326 e. The first-order valence-corrected chi connectivity index (χ1v) is 11.5. The highest BCUT2D eigenvalue weighted by atomic mass is 35.5. The van der Waals surface area contributed by atoms with Crippen LogP contribution in [-0.4, -0.2) is 54.2 Å². The summed E-state index contributed by atoms with van der Waals surface area (Å²) in [4.78, 5) is 54.3. The number of pyridine rings is 1. The van der Waals surface area contributed by atoms with Gasteiger partial charge in [-0.15, -0.1) is 0 Å². The summed E-state index contributed by atoms with van der Waals surface area (Å²) in [5.74, 6) is -1.68. The van der Waals surface area contributed by atoms with Crippen molar-refractivity contribution in [2.45, 2.75) is 12.5 Å². The normalized spacial score (nSPS) is 14.5. The Hall–Kier alpha value is -3.47. The topological polar surface area (TPSA) is 141 Å². The summed E-state index contributed by atoms with van der Waals surface area (Å²) in [6.07, 6.45) is 2.67. The average Bonchev–Trinajstić information content (AvgIpc) is 2.84. The summed E-state index contributed by atoms with van der Waals surface area (Å²) < 4.78 is 0. The van der Waals surface area contributed by atoms with Gasteiger partial charge in [-0.3, -0.25) is 19.4 Å². The molecule has 10 nitrogen and oxygen atoms in total. The smallest absolute Gasteiger partial charge is 0.326 e. The third kappa shape index (κ3) is 5.29. The molecule has 0 bridgehead atoms. The van der Waals surface area contributed by atoms with Crippen LogP contribution in [-0.2, 0) is 11.2 Å². The van der Waals surface area contributed by atoms with Crippen molar-refractivity contribution < 1.29 is 14.7 Å². The fourth-order valence-electron chi connectivity index (χ4n) is 3.86. The summed E-state index contributed by atoms with van der Waals surface area (Å²) in [5, 5.41) is 18.5. The number of aromatic nitrogens is 1. The van der Waals surface area contributed by atoms with E-state index >= 15 is 0 Å². The number of carbonyl (C=O) groups is 2. The van der Waals surface area contributed by atoms with Crippen molar-refractivity contribution in [3.8, 4) is 0 Å². The molecule has 2 heterocycles. The molecule has 1 aliphatic rings. The number of aliphatic carboxylic acids is 1. The molecule has 2 aromatic carbocycles. The van der Waals surface area contributed by atoms with E-state index in [0.29, 0.717) is 37.4 Å². The van der Waals surface area contributed by atoms with E-state index in [1.54, 1.807) is 29.2 Å². The van der Waals surface area contributed by atoms with Crippen molar-refractivity contribution in [3.63, 3.8) is 0 Å². The minimum atomic E-state index is -1.16. The van der Waals surface area contributed by atoms with Crippen LogP contribution in [0, 0.1) is 0 Å². The number of nitrogens with one attached hydrogen (secondary N) is 3. The van der Waals surface area contributed by atoms with Gasteiger partial charge in [0.05, 0.1) is 15.6 Å². The standard InChI is InChI=1S/C23H21Cl2N5O5/c24-14-10-27-11-15(25)17(14)22(33)28-13-3-1-12(2-4-13)9-16(23(34)35)29-18-19(21(32)20(18)31)30-7-5-26-6-8-30/h1-4,10-11,16,26,29H,5-9H2,(H,28,33)(H,34,35)/t16-/m0/s1. The first-order valence-electron chi connectivity index (χ1n) is 10.7. The highest BCUT2D eigenvalue weighted by Crippen LogP contribution is 2.25. The number of carboxylic acids is 1. The molecule has 35 heavy (non-hydrogen) atoms. The van der Waals surface area contributed by atoms with E-state index in [2.05, 4.69) is 20.9 Å². The van der Waals surface area contributed by atoms with Crippen LogP contribution in [0.5, 0.6) is 0 Å². The average molecular weight is 518 g/mol. The number of anilines is 3. The Morgan fingerprint density at radius 3 is 2.29 bits per heavy atom. The highest BCUT2D eigenvalue weighted by molar-refractivity contribution is 6.40. The molecule has 182 valence electrons. The molecule has 0 saturated carbocycles. The largest absolute Gasteiger partial charge is 0.480 e. The number of nitrogens with zero attached hydrogens (tertiary/aromatic N) is 2. The number of rotatable bonds is 8. The minimum Gasteiger partial charge on any atom is -0.480 e. The van der Waals surface area contributed by atoms with Gasteiger partial charge >= 0.3 is 5.97 Å². The van der Waals surface area contributed by atoms with Crippen LogP contribution in [0.1, 0.15) is 15.9 Å². The lowest BCUT2D eigenvalue weighted by molar-refractivity contribution is -0.137. The Morgan fingerprint density at radius 1 is 1.06 bits per heavy atom. The van der Waals surface area contributed by atoms with E-state index in [4.69, 9.17) is 23.2 Å². The van der Waals surface area contributed by atoms with Crippen LogP contribution in [0.3, 0.4) is 0 Å². The van der Waals surface area contributed by atoms with E-state index in [-0.39, 0.29) is 33.4 Å². The molecule has 1 amide bonds. The zero-order chi connectivity index (χ0) is 25.1. The number of piperazine rings is 1. The van der Waals surface area contributed by atoms with Crippen LogP contribution in [0.2, 0.25) is 10.0 Å². The number of carboxylic acid groups (broad SMARTS) is 1. The zero-order valence-electron chi connectivity index (χ0n) is 18.3.